The summed E-state index contributed by atoms with van der Waals surface area (Å²) in [7, 11) is 0. The van der Waals surface area contributed by atoms with E-state index in [0.717, 1.165) is 19.6 Å². The van der Waals surface area contributed by atoms with Crippen LogP contribution in [0.5, 0.6) is 0 Å². The molecule has 0 aromatic heterocycles. The third-order valence-corrected chi connectivity index (χ3v) is 4.17. The maximum Gasteiger partial charge on any atom is 0.0550 e. The summed E-state index contributed by atoms with van der Waals surface area (Å²) in [5, 5.41) is 9.41. The van der Waals surface area contributed by atoms with Crippen LogP contribution < -0.4 is 0 Å². The van der Waals surface area contributed by atoms with Gasteiger partial charge in [-0.05, 0) is 19.3 Å². The molecule has 2 nitrogen and oxygen atoms in total. The van der Waals surface area contributed by atoms with E-state index in [4.69, 9.17) is 4.74 Å². The third-order valence-electron chi connectivity index (χ3n) is 4.17. The van der Waals surface area contributed by atoms with Gasteiger partial charge in [-0.2, -0.15) is 0 Å². The Morgan fingerprint density at radius 1 is 1.25 bits per heavy atom. The van der Waals surface area contributed by atoms with Gasteiger partial charge in [0.1, 0.15) is 0 Å². The normalized spacial score (nSPS) is 30.5. The lowest BCUT2D eigenvalue weighted by molar-refractivity contribution is -0.225. The Bertz CT molecular complexity index is 138. The van der Waals surface area contributed by atoms with E-state index in [1.165, 1.54) is 19.3 Å². The van der Waals surface area contributed by atoms with Crippen LogP contribution in [0.2, 0.25) is 0 Å². The van der Waals surface area contributed by atoms with Crippen molar-refractivity contribution in [3.8, 4) is 0 Å². The molecule has 2 aliphatic rings. The first-order valence-corrected chi connectivity index (χ1v) is 4.97. The van der Waals surface area contributed by atoms with Crippen molar-refractivity contribution in [2.45, 2.75) is 32.6 Å². The molecule has 1 heterocycles. The Kier molecular flexibility index (Phi) is 1.92. The number of aliphatic hydroxyl groups is 1. The minimum atomic E-state index is 0.236. The Hall–Kier alpha value is -0.0800. The lowest BCUT2D eigenvalue weighted by atomic mass is 9.51. The molecule has 1 aliphatic heterocycles. The topological polar surface area (TPSA) is 29.5 Å². The van der Waals surface area contributed by atoms with Gasteiger partial charge < -0.3 is 9.84 Å². The molecule has 1 saturated heterocycles. The summed E-state index contributed by atoms with van der Waals surface area (Å²) in [6.45, 7) is 4.34. The van der Waals surface area contributed by atoms with E-state index in [-0.39, 0.29) is 5.41 Å². The van der Waals surface area contributed by atoms with E-state index in [1.54, 1.807) is 0 Å². The number of hydrogen-bond donors (Lipinski definition) is 1. The molecule has 1 saturated carbocycles. The van der Waals surface area contributed by atoms with Crippen molar-refractivity contribution >= 4 is 0 Å². The van der Waals surface area contributed by atoms with Crippen molar-refractivity contribution in [3.05, 3.63) is 0 Å². The molecule has 0 amide bonds. The van der Waals surface area contributed by atoms with Crippen molar-refractivity contribution in [1.82, 2.24) is 0 Å². The first kappa shape index (κ1) is 8.52. The SMILES string of the molecule is CCC1(C2(CO)CCC2)COC1. The summed E-state index contributed by atoms with van der Waals surface area (Å²) in [6, 6.07) is 0. The molecule has 2 rings (SSSR count). The molecule has 2 heteroatoms. The van der Waals surface area contributed by atoms with Gasteiger partial charge in [0, 0.05) is 17.4 Å². The van der Waals surface area contributed by atoms with Crippen LogP contribution in [0.4, 0.5) is 0 Å². The molecule has 0 atom stereocenters. The second-order valence-corrected chi connectivity index (χ2v) is 4.42. The molecule has 0 bridgehead atoms. The van der Waals surface area contributed by atoms with Crippen molar-refractivity contribution in [2.24, 2.45) is 10.8 Å². The fourth-order valence-electron chi connectivity index (χ4n) is 2.69. The average molecular weight is 170 g/mol. The lowest BCUT2D eigenvalue weighted by Crippen LogP contribution is -2.59. The van der Waals surface area contributed by atoms with Gasteiger partial charge >= 0.3 is 0 Å². The fraction of sp³-hybridized carbons (Fsp3) is 1.00. The number of rotatable bonds is 3. The van der Waals surface area contributed by atoms with Gasteiger partial charge in [-0.15, -0.1) is 0 Å². The molecule has 0 aromatic rings. The highest BCUT2D eigenvalue weighted by Gasteiger charge is 2.57. The first-order valence-electron chi connectivity index (χ1n) is 4.97. The van der Waals surface area contributed by atoms with Crippen LogP contribution in [0.15, 0.2) is 0 Å². The minimum Gasteiger partial charge on any atom is -0.396 e. The monoisotopic (exact) mass is 170 g/mol. The van der Waals surface area contributed by atoms with E-state index in [0.29, 0.717) is 12.0 Å². The van der Waals surface area contributed by atoms with Gasteiger partial charge in [-0.25, -0.2) is 0 Å². The first-order chi connectivity index (χ1) is 5.79. The summed E-state index contributed by atoms with van der Waals surface area (Å²) in [6.07, 6.45) is 4.87. The molecule has 0 aromatic carbocycles. The highest BCUT2D eigenvalue weighted by molar-refractivity contribution is 5.05. The van der Waals surface area contributed by atoms with Gasteiger partial charge in [0.2, 0.25) is 0 Å². The fourth-order valence-corrected chi connectivity index (χ4v) is 2.69. The molecule has 12 heavy (non-hydrogen) atoms. The summed E-state index contributed by atoms with van der Waals surface area (Å²) >= 11 is 0. The zero-order chi connectivity index (χ0) is 8.66. The third kappa shape index (κ3) is 0.826. The van der Waals surface area contributed by atoms with E-state index in [1.807, 2.05) is 0 Å². The van der Waals surface area contributed by atoms with Crippen LogP contribution in [0.3, 0.4) is 0 Å². The molecular formula is C10H18O2. The van der Waals surface area contributed by atoms with Crippen LogP contribution in [-0.2, 0) is 4.74 Å². The van der Waals surface area contributed by atoms with E-state index in [9.17, 15) is 5.11 Å². The number of ether oxygens (including phenoxy) is 1. The second kappa shape index (κ2) is 2.71. The summed E-state index contributed by atoms with van der Waals surface area (Å²) in [5.74, 6) is 0. The van der Waals surface area contributed by atoms with Crippen molar-refractivity contribution in [3.63, 3.8) is 0 Å². The van der Waals surface area contributed by atoms with Crippen molar-refractivity contribution < 1.29 is 9.84 Å². The molecule has 2 fully saturated rings. The maximum atomic E-state index is 9.41. The Morgan fingerprint density at radius 2 is 1.92 bits per heavy atom. The number of hydrogen-bond acceptors (Lipinski definition) is 2. The highest BCUT2D eigenvalue weighted by Crippen LogP contribution is 2.58. The molecule has 0 unspecified atom stereocenters. The predicted molar refractivity (Wildman–Crippen MR) is 46.9 cm³/mol. The Morgan fingerprint density at radius 3 is 2.00 bits per heavy atom. The highest BCUT2D eigenvalue weighted by atomic mass is 16.5. The summed E-state index contributed by atoms with van der Waals surface area (Å²) in [4.78, 5) is 0. The average Bonchev–Trinajstić information content (AvgIpc) is 1.92. The molecule has 0 radical (unpaired) electrons. The van der Waals surface area contributed by atoms with E-state index in [2.05, 4.69) is 6.92 Å². The molecule has 1 aliphatic carbocycles. The van der Waals surface area contributed by atoms with E-state index < -0.39 is 0 Å². The smallest absolute Gasteiger partial charge is 0.0550 e. The standard InChI is InChI=1S/C10H18O2/c1-2-9(7-12-8-9)10(6-11)4-3-5-10/h11H,2-8H2,1H3. The van der Waals surface area contributed by atoms with Gasteiger partial charge in [-0.1, -0.05) is 13.3 Å². The van der Waals surface area contributed by atoms with Gasteiger partial charge in [0.15, 0.2) is 0 Å². The zero-order valence-corrected chi connectivity index (χ0v) is 7.81. The zero-order valence-electron chi connectivity index (χ0n) is 7.81. The number of aliphatic hydroxyl groups excluding tert-OH is 1. The van der Waals surface area contributed by atoms with Gasteiger partial charge in [0.05, 0.1) is 13.2 Å². The van der Waals surface area contributed by atoms with Crippen LogP contribution in [0.1, 0.15) is 32.6 Å². The molecular weight excluding hydrogens is 152 g/mol. The predicted octanol–water partition coefficient (Wildman–Crippen LogP) is 1.58. The summed E-state index contributed by atoms with van der Waals surface area (Å²) in [5.41, 5.74) is 0.569. The van der Waals surface area contributed by atoms with Gasteiger partial charge in [-0.3, -0.25) is 0 Å². The largest absolute Gasteiger partial charge is 0.396 e. The molecule has 0 spiro atoms. The molecule has 70 valence electrons. The van der Waals surface area contributed by atoms with Crippen molar-refractivity contribution in [1.29, 1.82) is 0 Å². The van der Waals surface area contributed by atoms with Gasteiger partial charge in [0.25, 0.3) is 0 Å². The minimum absolute atomic E-state index is 0.236. The molecule has 1 N–H and O–H groups in total. The Labute approximate surface area is 73.9 Å². The van der Waals surface area contributed by atoms with Crippen molar-refractivity contribution in [2.75, 3.05) is 19.8 Å². The Balaban J connectivity index is 2.13. The van der Waals surface area contributed by atoms with Crippen LogP contribution in [0, 0.1) is 10.8 Å². The second-order valence-electron chi connectivity index (χ2n) is 4.42. The lowest BCUT2D eigenvalue weighted by Gasteiger charge is -2.59. The van der Waals surface area contributed by atoms with Crippen LogP contribution >= 0.6 is 0 Å². The maximum absolute atomic E-state index is 9.41. The van der Waals surface area contributed by atoms with E-state index >= 15 is 0 Å². The quantitative estimate of drug-likeness (QED) is 0.696. The summed E-state index contributed by atoms with van der Waals surface area (Å²) < 4.78 is 5.30. The van der Waals surface area contributed by atoms with Crippen LogP contribution in [-0.4, -0.2) is 24.9 Å². The van der Waals surface area contributed by atoms with Crippen LogP contribution in [0.25, 0.3) is 0 Å².